The summed E-state index contributed by atoms with van der Waals surface area (Å²) in [6.07, 6.45) is 1.41. The van der Waals surface area contributed by atoms with Crippen LogP contribution in [0.25, 0.3) is 0 Å². The number of benzene rings is 1. The smallest absolute Gasteiger partial charge is 0.135 e. The first-order valence-electron chi connectivity index (χ1n) is 5.91. The lowest BCUT2D eigenvalue weighted by atomic mass is 10.1. The van der Waals surface area contributed by atoms with Crippen molar-refractivity contribution in [2.24, 2.45) is 4.99 Å². The monoisotopic (exact) mass is 341 g/mol. The number of hydrogen-bond donors (Lipinski definition) is 0. The number of halogens is 3. The van der Waals surface area contributed by atoms with Gasteiger partial charge in [0.2, 0.25) is 0 Å². The molecule has 1 aliphatic heterocycles. The van der Waals surface area contributed by atoms with Crippen LogP contribution in [0.5, 0.6) is 0 Å². The van der Waals surface area contributed by atoms with Crippen molar-refractivity contribution in [2.45, 2.75) is 18.9 Å². The van der Waals surface area contributed by atoms with Crippen molar-refractivity contribution in [1.29, 1.82) is 0 Å². The van der Waals surface area contributed by atoms with E-state index in [-0.39, 0.29) is 11.6 Å². The number of thiophene rings is 1. The van der Waals surface area contributed by atoms with Gasteiger partial charge in [0.05, 0.1) is 15.4 Å². The summed E-state index contributed by atoms with van der Waals surface area (Å²) in [5, 5.41) is 0. The van der Waals surface area contributed by atoms with E-state index in [1.165, 1.54) is 18.2 Å². The quantitative estimate of drug-likeness (QED) is 0.719. The average molecular weight is 342 g/mol. The Hall–Kier alpha value is -1.07. The molecule has 1 aromatic heterocycles. The van der Waals surface area contributed by atoms with Gasteiger partial charge in [-0.2, -0.15) is 0 Å². The Morgan fingerprint density at radius 1 is 1.16 bits per heavy atom. The van der Waals surface area contributed by atoms with Gasteiger partial charge in [-0.3, -0.25) is 4.99 Å². The lowest BCUT2D eigenvalue weighted by Crippen LogP contribution is -2.03. The second kappa shape index (κ2) is 5.13. The molecule has 19 heavy (non-hydrogen) atoms. The van der Waals surface area contributed by atoms with E-state index in [2.05, 4.69) is 20.9 Å². The maximum Gasteiger partial charge on any atom is 0.135 e. The SMILES string of the molecule is Fc1cccc(F)c1C1=NC(c2ccc(Br)s2)CC1. The normalized spacial score (nSPS) is 18.7. The molecule has 0 fully saturated rings. The van der Waals surface area contributed by atoms with E-state index < -0.39 is 11.6 Å². The number of aliphatic imine (C=N–C) groups is 1. The molecule has 0 radical (unpaired) electrons. The molecule has 2 aromatic rings. The second-order valence-electron chi connectivity index (χ2n) is 4.37. The molecule has 1 unspecified atom stereocenters. The van der Waals surface area contributed by atoms with Crippen LogP contribution in [0.4, 0.5) is 8.78 Å². The van der Waals surface area contributed by atoms with E-state index in [4.69, 9.17) is 0 Å². The highest BCUT2D eigenvalue weighted by Crippen LogP contribution is 2.37. The third-order valence-electron chi connectivity index (χ3n) is 3.14. The first kappa shape index (κ1) is 12.9. The zero-order valence-electron chi connectivity index (χ0n) is 9.87. The van der Waals surface area contributed by atoms with Gasteiger partial charge >= 0.3 is 0 Å². The fraction of sp³-hybridized carbons (Fsp3) is 0.214. The van der Waals surface area contributed by atoms with Crippen molar-refractivity contribution in [3.8, 4) is 0 Å². The summed E-state index contributed by atoms with van der Waals surface area (Å²) in [5.74, 6) is -1.07. The highest BCUT2D eigenvalue weighted by molar-refractivity contribution is 9.11. The third-order valence-corrected chi connectivity index (χ3v) is 4.86. The number of hydrogen-bond acceptors (Lipinski definition) is 2. The number of nitrogens with zero attached hydrogens (tertiary/aromatic N) is 1. The summed E-state index contributed by atoms with van der Waals surface area (Å²) in [7, 11) is 0. The van der Waals surface area contributed by atoms with Crippen LogP contribution in [0, 0.1) is 11.6 Å². The van der Waals surface area contributed by atoms with E-state index in [0.29, 0.717) is 12.1 Å². The van der Waals surface area contributed by atoms with Crippen LogP contribution < -0.4 is 0 Å². The van der Waals surface area contributed by atoms with Crippen molar-refractivity contribution in [3.05, 3.63) is 56.2 Å². The van der Waals surface area contributed by atoms with Crippen molar-refractivity contribution in [1.82, 2.24) is 0 Å². The highest BCUT2D eigenvalue weighted by atomic mass is 79.9. The van der Waals surface area contributed by atoms with E-state index in [1.807, 2.05) is 12.1 Å². The van der Waals surface area contributed by atoms with Crippen molar-refractivity contribution >= 4 is 33.0 Å². The lowest BCUT2D eigenvalue weighted by molar-refractivity contribution is 0.578. The fourth-order valence-electron chi connectivity index (χ4n) is 2.27. The van der Waals surface area contributed by atoms with Gasteiger partial charge in [-0.25, -0.2) is 8.78 Å². The van der Waals surface area contributed by atoms with E-state index >= 15 is 0 Å². The Kier molecular flexibility index (Phi) is 3.50. The summed E-state index contributed by atoms with van der Waals surface area (Å²) in [4.78, 5) is 5.61. The molecule has 0 spiro atoms. The number of rotatable bonds is 2. The highest BCUT2D eigenvalue weighted by Gasteiger charge is 2.25. The minimum atomic E-state index is -0.535. The Balaban J connectivity index is 1.95. The topological polar surface area (TPSA) is 12.4 Å². The molecule has 2 heterocycles. The lowest BCUT2D eigenvalue weighted by Gasteiger charge is -2.03. The molecule has 1 atom stereocenters. The summed E-state index contributed by atoms with van der Waals surface area (Å²) in [5.41, 5.74) is 0.561. The van der Waals surface area contributed by atoms with Crippen molar-refractivity contribution in [2.75, 3.05) is 0 Å². The summed E-state index contributed by atoms with van der Waals surface area (Å²) in [6.45, 7) is 0. The molecule has 1 nitrogen and oxygen atoms in total. The van der Waals surface area contributed by atoms with Crippen LogP contribution in [-0.2, 0) is 0 Å². The molecule has 0 amide bonds. The molecular weight excluding hydrogens is 332 g/mol. The summed E-state index contributed by atoms with van der Waals surface area (Å²) < 4.78 is 28.5. The van der Waals surface area contributed by atoms with E-state index in [1.54, 1.807) is 11.3 Å². The second-order valence-corrected chi connectivity index (χ2v) is 6.86. The fourth-order valence-corrected chi connectivity index (χ4v) is 3.76. The molecule has 5 heteroatoms. The van der Waals surface area contributed by atoms with Gasteiger partial charge in [-0.15, -0.1) is 11.3 Å². The molecular formula is C14H10BrF2NS. The predicted octanol–water partition coefficient (Wildman–Crippen LogP) is 5.11. The van der Waals surface area contributed by atoms with Crippen molar-refractivity contribution < 1.29 is 8.78 Å². The first-order valence-corrected chi connectivity index (χ1v) is 7.52. The maximum atomic E-state index is 13.7. The molecule has 98 valence electrons. The molecule has 1 aromatic carbocycles. The van der Waals surface area contributed by atoms with Gasteiger partial charge in [-0.05, 0) is 53.0 Å². The van der Waals surface area contributed by atoms with Crippen LogP contribution in [0.1, 0.15) is 29.3 Å². The Morgan fingerprint density at radius 2 is 1.89 bits per heavy atom. The van der Waals surface area contributed by atoms with Gasteiger partial charge < -0.3 is 0 Å². The zero-order valence-corrected chi connectivity index (χ0v) is 12.3. The minimum absolute atomic E-state index is 0.0188. The van der Waals surface area contributed by atoms with Gasteiger partial charge in [0.25, 0.3) is 0 Å². The van der Waals surface area contributed by atoms with Crippen molar-refractivity contribution in [3.63, 3.8) is 0 Å². The van der Waals surface area contributed by atoms with Crippen LogP contribution in [-0.4, -0.2) is 5.71 Å². The van der Waals surface area contributed by atoms with Crippen LogP contribution in [0.2, 0.25) is 0 Å². The zero-order chi connectivity index (χ0) is 13.4. The molecule has 1 aliphatic rings. The van der Waals surface area contributed by atoms with Gasteiger partial charge in [0, 0.05) is 10.6 Å². The molecule has 0 saturated heterocycles. The maximum absolute atomic E-state index is 13.7. The summed E-state index contributed by atoms with van der Waals surface area (Å²) >= 11 is 5.03. The Morgan fingerprint density at radius 3 is 2.53 bits per heavy atom. The van der Waals surface area contributed by atoms with Gasteiger partial charge in [0.15, 0.2) is 0 Å². The Bertz CT molecular complexity index is 630. The predicted molar refractivity (Wildman–Crippen MR) is 76.9 cm³/mol. The standard InChI is InChI=1S/C14H10BrF2NS/c15-13-7-6-12(19-13)10-4-5-11(18-10)14-8(16)2-1-3-9(14)17/h1-3,6-7,10H,4-5H2. The van der Waals surface area contributed by atoms with Crippen LogP contribution >= 0.6 is 27.3 Å². The molecule has 0 bridgehead atoms. The molecule has 0 saturated carbocycles. The third kappa shape index (κ3) is 2.49. The first-order chi connectivity index (χ1) is 9.15. The van der Waals surface area contributed by atoms with Gasteiger partial charge in [0.1, 0.15) is 11.6 Å². The minimum Gasteiger partial charge on any atom is -0.280 e. The largest absolute Gasteiger partial charge is 0.280 e. The van der Waals surface area contributed by atoms with E-state index in [9.17, 15) is 8.78 Å². The molecule has 0 aliphatic carbocycles. The Labute approximate surface area is 122 Å². The summed E-state index contributed by atoms with van der Waals surface area (Å²) in [6, 6.07) is 7.91. The van der Waals surface area contributed by atoms with E-state index in [0.717, 1.165) is 15.1 Å². The molecule has 3 rings (SSSR count). The van der Waals surface area contributed by atoms with Crippen LogP contribution in [0.3, 0.4) is 0 Å². The van der Waals surface area contributed by atoms with Crippen LogP contribution in [0.15, 0.2) is 39.1 Å². The molecule has 0 N–H and O–H groups in total. The van der Waals surface area contributed by atoms with Gasteiger partial charge in [-0.1, -0.05) is 6.07 Å². The average Bonchev–Trinajstić information content (AvgIpc) is 2.98.